The lowest BCUT2D eigenvalue weighted by molar-refractivity contribution is -0.138. The maximum absolute atomic E-state index is 13.1. The van der Waals surface area contributed by atoms with Crippen LogP contribution in [-0.2, 0) is 11.2 Å². The van der Waals surface area contributed by atoms with E-state index < -0.39 is 17.7 Å². The molecule has 0 aliphatic carbocycles. The minimum atomic E-state index is -0.933. The van der Waals surface area contributed by atoms with Gasteiger partial charge in [-0.25, -0.2) is 4.39 Å². The molecule has 0 aromatic heterocycles. The molecule has 0 bridgehead atoms. The van der Waals surface area contributed by atoms with Gasteiger partial charge in [0, 0.05) is 4.47 Å². The van der Waals surface area contributed by atoms with Crippen molar-refractivity contribution in [1.82, 2.24) is 0 Å². The summed E-state index contributed by atoms with van der Waals surface area (Å²) >= 11 is 9.08. The molecule has 0 spiro atoms. The van der Waals surface area contributed by atoms with E-state index in [-0.39, 0.29) is 11.4 Å². The van der Waals surface area contributed by atoms with Crippen LogP contribution < -0.4 is 0 Å². The van der Waals surface area contributed by atoms with E-state index >= 15 is 0 Å². The molecule has 1 N–H and O–H groups in total. The Labute approximate surface area is 129 Å². The van der Waals surface area contributed by atoms with Crippen LogP contribution in [0.25, 0.3) is 0 Å². The number of carboxylic acids is 1. The monoisotopic (exact) mass is 356 g/mol. The molecule has 0 amide bonds. The summed E-state index contributed by atoms with van der Waals surface area (Å²) in [6.07, 6.45) is 0.248. The van der Waals surface area contributed by atoms with Gasteiger partial charge < -0.3 is 5.11 Å². The average Bonchev–Trinajstić information content (AvgIpc) is 2.41. The van der Waals surface area contributed by atoms with Crippen LogP contribution in [0.4, 0.5) is 4.39 Å². The van der Waals surface area contributed by atoms with E-state index in [1.54, 1.807) is 24.3 Å². The molecule has 20 heavy (non-hydrogen) atoms. The van der Waals surface area contributed by atoms with E-state index in [0.717, 1.165) is 4.47 Å². The van der Waals surface area contributed by atoms with Crippen molar-refractivity contribution in [2.24, 2.45) is 0 Å². The second-order valence-electron chi connectivity index (χ2n) is 4.36. The standard InChI is InChI=1S/C15H11BrClFO2/c16-12-4-2-1-3-10(12)11(15(19)20)7-9-5-6-14(18)13(17)8-9/h1-6,8,11H,7H2,(H,19,20). The molecule has 1 unspecified atom stereocenters. The molecule has 0 saturated heterocycles. The molecule has 0 aliphatic rings. The zero-order chi connectivity index (χ0) is 14.7. The van der Waals surface area contributed by atoms with Gasteiger partial charge in [0.2, 0.25) is 0 Å². The fourth-order valence-electron chi connectivity index (χ4n) is 1.99. The summed E-state index contributed by atoms with van der Waals surface area (Å²) in [6.45, 7) is 0. The van der Waals surface area contributed by atoms with Crippen molar-refractivity contribution in [2.45, 2.75) is 12.3 Å². The highest BCUT2D eigenvalue weighted by molar-refractivity contribution is 9.10. The molecular weight excluding hydrogens is 347 g/mol. The summed E-state index contributed by atoms with van der Waals surface area (Å²) in [5.41, 5.74) is 1.36. The van der Waals surface area contributed by atoms with Crippen molar-refractivity contribution >= 4 is 33.5 Å². The van der Waals surface area contributed by atoms with Crippen LogP contribution in [0.3, 0.4) is 0 Å². The third kappa shape index (κ3) is 3.38. The van der Waals surface area contributed by atoms with Crippen molar-refractivity contribution < 1.29 is 14.3 Å². The van der Waals surface area contributed by atoms with Crippen molar-refractivity contribution in [3.63, 3.8) is 0 Å². The Hall–Kier alpha value is -1.39. The van der Waals surface area contributed by atoms with E-state index in [9.17, 15) is 14.3 Å². The van der Waals surface area contributed by atoms with E-state index in [1.807, 2.05) is 6.07 Å². The van der Waals surface area contributed by atoms with Gasteiger partial charge >= 0.3 is 5.97 Å². The van der Waals surface area contributed by atoms with Crippen LogP contribution in [0.5, 0.6) is 0 Å². The first-order chi connectivity index (χ1) is 9.49. The molecule has 0 saturated carbocycles. The van der Waals surface area contributed by atoms with Crippen molar-refractivity contribution in [2.75, 3.05) is 0 Å². The third-order valence-electron chi connectivity index (χ3n) is 3.00. The number of rotatable bonds is 4. The molecule has 104 valence electrons. The highest BCUT2D eigenvalue weighted by atomic mass is 79.9. The van der Waals surface area contributed by atoms with Crippen molar-refractivity contribution in [1.29, 1.82) is 0 Å². The fourth-order valence-corrected chi connectivity index (χ4v) is 2.75. The first kappa shape index (κ1) is 15.0. The van der Waals surface area contributed by atoms with Crippen LogP contribution >= 0.6 is 27.5 Å². The summed E-state index contributed by atoms with van der Waals surface area (Å²) < 4.78 is 13.9. The predicted molar refractivity (Wildman–Crippen MR) is 79.6 cm³/mol. The predicted octanol–water partition coefficient (Wildman–Crippen LogP) is 4.65. The molecule has 0 heterocycles. The Morgan fingerprint density at radius 3 is 2.60 bits per heavy atom. The lowest BCUT2D eigenvalue weighted by Crippen LogP contribution is -2.15. The van der Waals surface area contributed by atoms with Crippen molar-refractivity contribution in [3.05, 3.63) is 68.9 Å². The normalized spacial score (nSPS) is 12.2. The van der Waals surface area contributed by atoms with Gasteiger partial charge in [-0.05, 0) is 35.7 Å². The summed E-state index contributed by atoms with van der Waals surface area (Å²) in [6, 6.07) is 11.4. The Bertz CT molecular complexity index is 646. The molecule has 2 rings (SSSR count). The van der Waals surface area contributed by atoms with Crippen LogP contribution in [0, 0.1) is 5.82 Å². The van der Waals surface area contributed by atoms with Crippen molar-refractivity contribution in [3.8, 4) is 0 Å². The van der Waals surface area contributed by atoms with Gasteiger partial charge in [-0.15, -0.1) is 0 Å². The molecule has 0 aliphatic heterocycles. The SMILES string of the molecule is O=C(O)C(Cc1ccc(F)c(Cl)c1)c1ccccc1Br. The Kier molecular flexibility index (Phi) is 4.78. The van der Waals surface area contributed by atoms with E-state index in [4.69, 9.17) is 11.6 Å². The van der Waals surface area contributed by atoms with Gasteiger partial charge in [0.25, 0.3) is 0 Å². The lowest BCUT2D eigenvalue weighted by atomic mass is 9.92. The number of carbonyl (C=O) groups is 1. The molecule has 2 aromatic carbocycles. The minimum absolute atomic E-state index is 0.00114. The maximum Gasteiger partial charge on any atom is 0.311 e. The van der Waals surface area contributed by atoms with E-state index in [0.29, 0.717) is 11.1 Å². The number of hydrogen-bond acceptors (Lipinski definition) is 1. The Balaban J connectivity index is 2.33. The fraction of sp³-hybridized carbons (Fsp3) is 0.133. The van der Waals surface area contributed by atoms with Gasteiger partial charge in [0.1, 0.15) is 5.82 Å². The third-order valence-corrected chi connectivity index (χ3v) is 4.01. The summed E-state index contributed by atoms with van der Waals surface area (Å²) in [5.74, 6) is -2.16. The second-order valence-corrected chi connectivity index (χ2v) is 5.63. The van der Waals surface area contributed by atoms with Crippen LogP contribution in [0.1, 0.15) is 17.0 Å². The van der Waals surface area contributed by atoms with Gasteiger partial charge in [-0.1, -0.05) is 51.8 Å². The largest absolute Gasteiger partial charge is 0.481 e. The quantitative estimate of drug-likeness (QED) is 0.864. The number of aliphatic carboxylic acids is 1. The van der Waals surface area contributed by atoms with E-state index in [2.05, 4.69) is 15.9 Å². The lowest BCUT2D eigenvalue weighted by Gasteiger charge is -2.15. The number of benzene rings is 2. The first-order valence-corrected chi connectivity index (χ1v) is 7.07. The molecule has 5 heteroatoms. The zero-order valence-electron chi connectivity index (χ0n) is 10.3. The molecule has 2 aromatic rings. The Morgan fingerprint density at radius 1 is 1.30 bits per heavy atom. The molecule has 1 atom stereocenters. The van der Waals surface area contributed by atoms with Crippen LogP contribution in [-0.4, -0.2) is 11.1 Å². The highest BCUT2D eigenvalue weighted by Crippen LogP contribution is 2.29. The van der Waals surface area contributed by atoms with Gasteiger partial charge in [0.05, 0.1) is 10.9 Å². The highest BCUT2D eigenvalue weighted by Gasteiger charge is 2.22. The first-order valence-electron chi connectivity index (χ1n) is 5.90. The molecule has 2 nitrogen and oxygen atoms in total. The summed E-state index contributed by atoms with van der Waals surface area (Å²) in [7, 11) is 0. The minimum Gasteiger partial charge on any atom is -0.481 e. The molecular formula is C15H11BrClFO2. The molecule has 0 radical (unpaired) electrons. The summed E-state index contributed by atoms with van der Waals surface area (Å²) in [5, 5.41) is 9.41. The van der Waals surface area contributed by atoms with Gasteiger partial charge in [-0.3, -0.25) is 4.79 Å². The Morgan fingerprint density at radius 2 is 2.00 bits per heavy atom. The van der Waals surface area contributed by atoms with E-state index in [1.165, 1.54) is 12.1 Å². The van der Waals surface area contributed by atoms with Crippen LogP contribution in [0.2, 0.25) is 5.02 Å². The maximum atomic E-state index is 13.1. The smallest absolute Gasteiger partial charge is 0.311 e. The van der Waals surface area contributed by atoms with Gasteiger partial charge in [-0.2, -0.15) is 0 Å². The average molecular weight is 358 g/mol. The van der Waals surface area contributed by atoms with Crippen LogP contribution in [0.15, 0.2) is 46.9 Å². The number of carboxylic acid groups (broad SMARTS) is 1. The van der Waals surface area contributed by atoms with Gasteiger partial charge in [0.15, 0.2) is 0 Å². The zero-order valence-corrected chi connectivity index (χ0v) is 12.7. The topological polar surface area (TPSA) is 37.3 Å². The summed E-state index contributed by atoms with van der Waals surface area (Å²) in [4.78, 5) is 11.5. The molecule has 0 fully saturated rings. The number of halogens is 3. The number of hydrogen-bond donors (Lipinski definition) is 1. The second kappa shape index (κ2) is 6.37.